The summed E-state index contributed by atoms with van der Waals surface area (Å²) in [5.74, 6) is 0. The zero-order valence-corrected chi connectivity index (χ0v) is 4.60. The van der Waals surface area contributed by atoms with E-state index in [4.69, 9.17) is 0 Å². The van der Waals surface area contributed by atoms with E-state index in [2.05, 4.69) is 16.8 Å². The smallest absolute Gasteiger partial charge is 0.154 e. The van der Waals surface area contributed by atoms with Crippen LogP contribution in [0.4, 0.5) is 0 Å². The van der Waals surface area contributed by atoms with Crippen molar-refractivity contribution in [1.82, 2.24) is 0 Å². The predicted molar refractivity (Wildman–Crippen MR) is 28.1 cm³/mol. The number of hydrogen-bond acceptors (Lipinski definition) is 2. The summed E-state index contributed by atoms with van der Waals surface area (Å²) in [5, 5.41) is 7.52. The predicted octanol–water partition coefficient (Wildman–Crippen LogP) is 1.74. The molecule has 0 spiro atoms. The first-order chi connectivity index (χ1) is 3.15. The fourth-order valence-electron chi connectivity index (χ4n) is 0.246. The Morgan fingerprint density at radius 2 is 2.00 bits per heavy atom. The van der Waals surface area contributed by atoms with Gasteiger partial charge in [0.15, 0.2) is 0 Å². The second kappa shape index (κ2) is 0.941. The first-order valence-electron chi connectivity index (χ1n) is 2.25. The normalized spacial score (nSPS) is 22.0. The van der Waals surface area contributed by atoms with E-state index in [0.717, 1.165) is 5.57 Å². The van der Waals surface area contributed by atoms with Crippen LogP contribution in [-0.2, 0) is 0 Å². The summed E-state index contributed by atoms with van der Waals surface area (Å²) in [6.07, 6.45) is 0. The van der Waals surface area contributed by atoms with Gasteiger partial charge in [0.05, 0.1) is 0 Å². The monoisotopic (exact) mass is 96.1 g/mol. The van der Waals surface area contributed by atoms with E-state index in [1.165, 1.54) is 0 Å². The quantitative estimate of drug-likeness (QED) is 0.444. The molecule has 1 rings (SSSR count). The highest BCUT2D eigenvalue weighted by Gasteiger charge is 2.34. The van der Waals surface area contributed by atoms with Crippen LogP contribution in [0.1, 0.15) is 13.8 Å². The first-order valence-corrected chi connectivity index (χ1v) is 2.25. The third-order valence-corrected chi connectivity index (χ3v) is 1.21. The van der Waals surface area contributed by atoms with Crippen molar-refractivity contribution in [2.24, 2.45) is 10.2 Å². The Labute approximate surface area is 43.0 Å². The topological polar surface area (TPSA) is 24.7 Å². The SMILES string of the molecule is C=C(C)C1(C)N=N1. The summed E-state index contributed by atoms with van der Waals surface area (Å²) >= 11 is 0. The molecule has 0 aromatic rings. The van der Waals surface area contributed by atoms with E-state index in [1.807, 2.05) is 13.8 Å². The molecule has 0 bridgehead atoms. The van der Waals surface area contributed by atoms with Gasteiger partial charge in [-0.15, -0.1) is 0 Å². The Hall–Kier alpha value is -0.660. The van der Waals surface area contributed by atoms with Gasteiger partial charge >= 0.3 is 0 Å². The van der Waals surface area contributed by atoms with Gasteiger partial charge in [-0.1, -0.05) is 6.58 Å². The Balaban J connectivity index is 2.58. The molecule has 0 radical (unpaired) electrons. The highest BCUT2D eigenvalue weighted by molar-refractivity contribution is 5.15. The van der Waals surface area contributed by atoms with Crippen molar-refractivity contribution < 1.29 is 0 Å². The fourth-order valence-corrected chi connectivity index (χ4v) is 0.246. The molecular weight excluding hydrogens is 88.1 g/mol. The molecule has 1 aliphatic heterocycles. The summed E-state index contributed by atoms with van der Waals surface area (Å²) in [4.78, 5) is 0. The van der Waals surface area contributed by atoms with Crippen molar-refractivity contribution in [3.63, 3.8) is 0 Å². The lowest BCUT2D eigenvalue weighted by molar-refractivity contribution is 0.788. The van der Waals surface area contributed by atoms with Crippen LogP contribution in [0.5, 0.6) is 0 Å². The Morgan fingerprint density at radius 3 is 2.00 bits per heavy atom. The van der Waals surface area contributed by atoms with Crippen molar-refractivity contribution in [2.45, 2.75) is 19.5 Å². The fraction of sp³-hybridized carbons (Fsp3) is 0.600. The molecule has 7 heavy (non-hydrogen) atoms. The number of hydrogen-bond donors (Lipinski definition) is 0. The van der Waals surface area contributed by atoms with E-state index in [1.54, 1.807) is 0 Å². The third-order valence-electron chi connectivity index (χ3n) is 1.21. The van der Waals surface area contributed by atoms with Gasteiger partial charge in [0.25, 0.3) is 0 Å². The maximum atomic E-state index is 3.76. The van der Waals surface area contributed by atoms with Crippen LogP contribution in [0, 0.1) is 0 Å². The minimum atomic E-state index is -0.194. The highest BCUT2D eigenvalue weighted by Crippen LogP contribution is 2.33. The molecule has 0 unspecified atom stereocenters. The Kier molecular flexibility index (Phi) is 0.604. The van der Waals surface area contributed by atoms with Gasteiger partial charge in [-0.3, -0.25) is 0 Å². The lowest BCUT2D eigenvalue weighted by atomic mass is 10.1. The molecule has 0 atom stereocenters. The summed E-state index contributed by atoms with van der Waals surface area (Å²) in [5.41, 5.74) is 0.826. The van der Waals surface area contributed by atoms with Crippen molar-refractivity contribution in [2.75, 3.05) is 0 Å². The molecule has 0 amide bonds. The second-order valence-corrected chi connectivity index (χ2v) is 2.00. The molecular formula is C5H8N2. The zero-order chi connectivity index (χ0) is 5.49. The van der Waals surface area contributed by atoms with E-state index < -0.39 is 0 Å². The first kappa shape index (κ1) is 4.50. The molecule has 0 N–H and O–H groups in total. The van der Waals surface area contributed by atoms with E-state index in [0.29, 0.717) is 0 Å². The molecule has 0 saturated carbocycles. The van der Waals surface area contributed by atoms with Crippen LogP contribution in [0.25, 0.3) is 0 Å². The van der Waals surface area contributed by atoms with Crippen molar-refractivity contribution in [3.05, 3.63) is 12.2 Å². The van der Waals surface area contributed by atoms with Gasteiger partial charge in [-0.25, -0.2) is 0 Å². The van der Waals surface area contributed by atoms with E-state index in [-0.39, 0.29) is 5.66 Å². The second-order valence-electron chi connectivity index (χ2n) is 2.00. The van der Waals surface area contributed by atoms with Crippen LogP contribution in [0.2, 0.25) is 0 Å². The van der Waals surface area contributed by atoms with Crippen LogP contribution in [-0.4, -0.2) is 5.66 Å². The molecule has 38 valence electrons. The molecule has 0 aliphatic carbocycles. The Morgan fingerprint density at radius 1 is 1.57 bits per heavy atom. The molecule has 0 saturated heterocycles. The molecule has 1 aliphatic rings. The maximum absolute atomic E-state index is 3.76. The zero-order valence-electron chi connectivity index (χ0n) is 4.60. The van der Waals surface area contributed by atoms with E-state index >= 15 is 0 Å². The van der Waals surface area contributed by atoms with Gasteiger partial charge in [0.2, 0.25) is 5.66 Å². The van der Waals surface area contributed by atoms with Gasteiger partial charge in [-0.05, 0) is 19.4 Å². The average Bonchev–Trinajstić information content (AvgIpc) is 2.21. The molecule has 0 aromatic carbocycles. The lowest BCUT2D eigenvalue weighted by Crippen LogP contribution is -2.02. The van der Waals surface area contributed by atoms with Crippen LogP contribution in [0.15, 0.2) is 22.4 Å². The third kappa shape index (κ3) is 0.557. The largest absolute Gasteiger partial charge is 0.208 e. The Bertz CT molecular complexity index is 129. The van der Waals surface area contributed by atoms with Gasteiger partial charge in [-0.2, -0.15) is 10.2 Å². The number of rotatable bonds is 1. The van der Waals surface area contributed by atoms with E-state index in [9.17, 15) is 0 Å². The molecule has 1 heterocycles. The van der Waals surface area contributed by atoms with Gasteiger partial charge in [0.1, 0.15) is 0 Å². The minimum Gasteiger partial charge on any atom is -0.154 e. The van der Waals surface area contributed by atoms with Crippen LogP contribution < -0.4 is 0 Å². The van der Waals surface area contributed by atoms with Crippen LogP contribution >= 0.6 is 0 Å². The highest BCUT2D eigenvalue weighted by atomic mass is 15.4. The maximum Gasteiger partial charge on any atom is 0.208 e. The lowest BCUT2D eigenvalue weighted by Gasteiger charge is -1.96. The molecule has 2 heteroatoms. The molecule has 2 nitrogen and oxygen atoms in total. The number of nitrogens with zero attached hydrogens (tertiary/aromatic N) is 2. The summed E-state index contributed by atoms with van der Waals surface area (Å²) in [7, 11) is 0. The molecule has 0 aromatic heterocycles. The van der Waals surface area contributed by atoms with Gasteiger partial charge in [0, 0.05) is 0 Å². The minimum absolute atomic E-state index is 0.194. The molecule has 0 fully saturated rings. The average molecular weight is 96.1 g/mol. The van der Waals surface area contributed by atoms with Crippen molar-refractivity contribution in [1.29, 1.82) is 0 Å². The van der Waals surface area contributed by atoms with Crippen LogP contribution in [0.3, 0.4) is 0 Å². The standard InChI is InChI=1S/C5H8N2/c1-4(2)5(3)6-7-5/h1H2,2-3H3. The van der Waals surface area contributed by atoms with Gasteiger partial charge < -0.3 is 0 Å². The van der Waals surface area contributed by atoms with Crippen molar-refractivity contribution >= 4 is 0 Å². The summed E-state index contributed by atoms with van der Waals surface area (Å²) < 4.78 is 0. The summed E-state index contributed by atoms with van der Waals surface area (Å²) in [6.45, 7) is 7.57. The van der Waals surface area contributed by atoms with Crippen molar-refractivity contribution in [3.8, 4) is 0 Å². The summed E-state index contributed by atoms with van der Waals surface area (Å²) in [6, 6.07) is 0.